The lowest BCUT2D eigenvalue weighted by atomic mass is 10.1. The fourth-order valence-electron chi connectivity index (χ4n) is 1.73. The lowest BCUT2D eigenvalue weighted by Gasteiger charge is -2.14. The molecule has 0 aliphatic rings. The molecule has 1 N–H and O–H groups in total. The summed E-state index contributed by atoms with van der Waals surface area (Å²) in [6, 6.07) is 8.67. The molecule has 0 amide bonds. The summed E-state index contributed by atoms with van der Waals surface area (Å²) >= 11 is 0. The number of hydrogen-bond donors (Lipinski definition) is 1. The van der Waals surface area contributed by atoms with Gasteiger partial charge in [0.05, 0.1) is 0 Å². The van der Waals surface area contributed by atoms with E-state index >= 15 is 0 Å². The van der Waals surface area contributed by atoms with Crippen molar-refractivity contribution >= 4 is 0 Å². The minimum atomic E-state index is 0.988. The zero-order valence-electron chi connectivity index (χ0n) is 10.8. The van der Waals surface area contributed by atoms with E-state index in [1.54, 1.807) is 0 Å². The first kappa shape index (κ1) is 13.2. The molecule has 0 fully saturated rings. The second-order valence-electron chi connectivity index (χ2n) is 4.19. The third kappa shape index (κ3) is 4.33. The van der Waals surface area contributed by atoms with Gasteiger partial charge < -0.3 is 10.2 Å². The lowest BCUT2D eigenvalue weighted by molar-refractivity contribution is 0.349. The monoisotopic (exact) mass is 220 g/mol. The van der Waals surface area contributed by atoms with E-state index in [0.29, 0.717) is 0 Å². The molecule has 1 rings (SSSR count). The van der Waals surface area contributed by atoms with Gasteiger partial charge in [-0.3, -0.25) is 0 Å². The molecule has 0 aliphatic heterocycles. The number of nitrogens with zero attached hydrogens (tertiary/aromatic N) is 1. The molecule has 0 bridgehead atoms. The fraction of sp³-hybridized carbons (Fsp3) is 0.571. The van der Waals surface area contributed by atoms with Crippen LogP contribution in [-0.4, -0.2) is 31.6 Å². The van der Waals surface area contributed by atoms with Gasteiger partial charge in [0.1, 0.15) is 0 Å². The third-order valence-corrected chi connectivity index (χ3v) is 3.02. The quantitative estimate of drug-likeness (QED) is 0.709. The van der Waals surface area contributed by atoms with Crippen molar-refractivity contribution in [1.29, 1.82) is 0 Å². The molecule has 90 valence electrons. The summed E-state index contributed by atoms with van der Waals surface area (Å²) in [7, 11) is 2.15. The van der Waals surface area contributed by atoms with Gasteiger partial charge in [-0.15, -0.1) is 0 Å². The maximum absolute atomic E-state index is 3.50. The van der Waals surface area contributed by atoms with E-state index < -0.39 is 0 Å². The molecular weight excluding hydrogens is 196 g/mol. The Labute approximate surface area is 99.7 Å². The Bertz CT molecular complexity index is 297. The summed E-state index contributed by atoms with van der Waals surface area (Å²) < 4.78 is 0. The van der Waals surface area contributed by atoms with Gasteiger partial charge >= 0.3 is 0 Å². The van der Waals surface area contributed by atoms with Crippen molar-refractivity contribution in [2.75, 3.05) is 26.7 Å². The standard InChI is InChI=1S/C14H24N2/c1-4-13-8-6-7-9-14(13)12-15-10-11-16(3)5-2/h6-9,15H,4-5,10-12H2,1-3H3. The maximum Gasteiger partial charge on any atom is 0.0208 e. The second-order valence-corrected chi connectivity index (χ2v) is 4.19. The highest BCUT2D eigenvalue weighted by atomic mass is 15.1. The van der Waals surface area contributed by atoms with Crippen LogP contribution in [0.3, 0.4) is 0 Å². The zero-order valence-corrected chi connectivity index (χ0v) is 10.8. The van der Waals surface area contributed by atoms with Crippen LogP contribution >= 0.6 is 0 Å². The minimum Gasteiger partial charge on any atom is -0.311 e. The molecule has 0 spiro atoms. The Hall–Kier alpha value is -0.860. The zero-order chi connectivity index (χ0) is 11.8. The van der Waals surface area contributed by atoms with Crippen molar-refractivity contribution in [3.63, 3.8) is 0 Å². The van der Waals surface area contributed by atoms with Gasteiger partial charge in [-0.25, -0.2) is 0 Å². The smallest absolute Gasteiger partial charge is 0.0208 e. The molecule has 0 heterocycles. The predicted octanol–water partition coefficient (Wildman–Crippen LogP) is 2.29. The lowest BCUT2D eigenvalue weighted by Crippen LogP contribution is -2.28. The van der Waals surface area contributed by atoms with Crippen molar-refractivity contribution in [2.24, 2.45) is 0 Å². The van der Waals surface area contributed by atoms with Crippen molar-refractivity contribution in [1.82, 2.24) is 10.2 Å². The molecule has 1 aromatic rings. The van der Waals surface area contributed by atoms with Gasteiger partial charge in [0.15, 0.2) is 0 Å². The van der Waals surface area contributed by atoms with Crippen molar-refractivity contribution in [2.45, 2.75) is 26.8 Å². The average Bonchev–Trinajstić information content (AvgIpc) is 2.34. The van der Waals surface area contributed by atoms with Crippen LogP contribution in [0.5, 0.6) is 0 Å². The van der Waals surface area contributed by atoms with Crippen LogP contribution in [0.15, 0.2) is 24.3 Å². The number of likely N-dealkylation sites (N-methyl/N-ethyl adjacent to an activating group) is 1. The van der Waals surface area contributed by atoms with Gasteiger partial charge in [-0.2, -0.15) is 0 Å². The van der Waals surface area contributed by atoms with Crippen LogP contribution in [0.2, 0.25) is 0 Å². The first-order chi connectivity index (χ1) is 7.77. The molecule has 0 atom stereocenters. The number of hydrogen-bond acceptors (Lipinski definition) is 2. The van der Waals surface area contributed by atoms with Gasteiger partial charge in [0, 0.05) is 19.6 Å². The number of benzene rings is 1. The second kappa shape index (κ2) is 7.42. The molecule has 0 saturated carbocycles. The SMILES string of the molecule is CCc1ccccc1CNCCN(C)CC. The molecular formula is C14H24N2. The van der Waals surface area contributed by atoms with E-state index in [9.17, 15) is 0 Å². The highest BCUT2D eigenvalue weighted by Gasteiger charge is 1.99. The normalized spacial score (nSPS) is 11.0. The van der Waals surface area contributed by atoms with Crippen molar-refractivity contribution in [3.05, 3.63) is 35.4 Å². The summed E-state index contributed by atoms with van der Waals surface area (Å²) in [6.45, 7) is 8.68. The van der Waals surface area contributed by atoms with E-state index in [1.807, 2.05) is 0 Å². The highest BCUT2D eigenvalue weighted by Crippen LogP contribution is 2.08. The molecule has 2 nitrogen and oxygen atoms in total. The maximum atomic E-state index is 3.50. The molecule has 0 radical (unpaired) electrons. The fourth-order valence-corrected chi connectivity index (χ4v) is 1.73. The molecule has 2 heteroatoms. The van der Waals surface area contributed by atoms with Crippen LogP contribution in [0.25, 0.3) is 0 Å². The van der Waals surface area contributed by atoms with Gasteiger partial charge in [-0.1, -0.05) is 38.1 Å². The molecule has 0 saturated heterocycles. The largest absolute Gasteiger partial charge is 0.311 e. The van der Waals surface area contributed by atoms with Gasteiger partial charge in [0.2, 0.25) is 0 Å². The highest BCUT2D eigenvalue weighted by molar-refractivity contribution is 5.26. The Balaban J connectivity index is 2.31. The third-order valence-electron chi connectivity index (χ3n) is 3.02. The molecule has 0 aromatic heterocycles. The average molecular weight is 220 g/mol. The Morgan fingerprint density at radius 2 is 1.81 bits per heavy atom. The van der Waals surface area contributed by atoms with Gasteiger partial charge in [0.25, 0.3) is 0 Å². The van der Waals surface area contributed by atoms with Crippen molar-refractivity contribution < 1.29 is 0 Å². The van der Waals surface area contributed by atoms with E-state index in [0.717, 1.165) is 32.6 Å². The van der Waals surface area contributed by atoms with Crippen LogP contribution in [0, 0.1) is 0 Å². The van der Waals surface area contributed by atoms with E-state index in [4.69, 9.17) is 0 Å². The van der Waals surface area contributed by atoms with Crippen molar-refractivity contribution in [3.8, 4) is 0 Å². The number of aryl methyl sites for hydroxylation is 1. The molecule has 16 heavy (non-hydrogen) atoms. The van der Waals surface area contributed by atoms with Crippen LogP contribution in [0.1, 0.15) is 25.0 Å². The van der Waals surface area contributed by atoms with Crippen LogP contribution in [-0.2, 0) is 13.0 Å². The minimum absolute atomic E-state index is 0.988. The number of nitrogens with one attached hydrogen (secondary N) is 1. The molecule has 0 aliphatic carbocycles. The first-order valence-electron chi connectivity index (χ1n) is 6.24. The van der Waals surface area contributed by atoms with E-state index in [-0.39, 0.29) is 0 Å². The molecule has 1 aromatic carbocycles. The van der Waals surface area contributed by atoms with Gasteiger partial charge in [-0.05, 0) is 31.1 Å². The Kier molecular flexibility index (Phi) is 6.12. The summed E-state index contributed by atoms with van der Waals surface area (Å²) in [5.41, 5.74) is 2.89. The summed E-state index contributed by atoms with van der Waals surface area (Å²) in [4.78, 5) is 2.32. The number of rotatable bonds is 7. The topological polar surface area (TPSA) is 15.3 Å². The predicted molar refractivity (Wildman–Crippen MR) is 70.7 cm³/mol. The Morgan fingerprint density at radius 1 is 1.12 bits per heavy atom. The summed E-state index contributed by atoms with van der Waals surface area (Å²) in [5.74, 6) is 0. The van der Waals surface area contributed by atoms with E-state index in [2.05, 4.69) is 55.4 Å². The van der Waals surface area contributed by atoms with E-state index in [1.165, 1.54) is 11.1 Å². The summed E-state index contributed by atoms with van der Waals surface area (Å²) in [5, 5.41) is 3.50. The van der Waals surface area contributed by atoms with Crippen LogP contribution in [0.4, 0.5) is 0 Å². The first-order valence-corrected chi connectivity index (χ1v) is 6.24. The Morgan fingerprint density at radius 3 is 2.44 bits per heavy atom. The molecule has 0 unspecified atom stereocenters. The summed E-state index contributed by atoms with van der Waals surface area (Å²) in [6.07, 6.45) is 1.12. The van der Waals surface area contributed by atoms with Crippen LogP contribution < -0.4 is 5.32 Å².